The first-order chi connectivity index (χ1) is 17.4. The largest absolute Gasteiger partial charge is 0.508 e. The third-order valence-corrected chi connectivity index (χ3v) is 7.14. The molecule has 2 atom stereocenters. The fraction of sp³-hybridized carbons (Fsp3) is 0.321. The minimum Gasteiger partial charge on any atom is -0.508 e. The van der Waals surface area contributed by atoms with E-state index in [1.807, 2.05) is 12.1 Å². The molecule has 1 heterocycles. The van der Waals surface area contributed by atoms with Gasteiger partial charge < -0.3 is 33.9 Å². The maximum atomic E-state index is 13.4. The second kappa shape index (κ2) is 9.18. The van der Waals surface area contributed by atoms with Gasteiger partial charge in [-0.15, -0.1) is 0 Å². The Morgan fingerprint density at radius 1 is 0.917 bits per heavy atom. The molecule has 0 saturated heterocycles. The highest BCUT2D eigenvalue weighted by molar-refractivity contribution is 5.88. The van der Waals surface area contributed by atoms with Gasteiger partial charge in [0.25, 0.3) is 0 Å². The summed E-state index contributed by atoms with van der Waals surface area (Å²) < 4.78 is 28.0. The number of methoxy groups -OCH3 is 4. The van der Waals surface area contributed by atoms with Gasteiger partial charge >= 0.3 is 5.97 Å². The summed E-state index contributed by atoms with van der Waals surface area (Å²) in [6.45, 7) is 0.205. The van der Waals surface area contributed by atoms with Crippen LogP contribution in [0.5, 0.6) is 34.5 Å². The van der Waals surface area contributed by atoms with Crippen molar-refractivity contribution in [2.45, 2.75) is 24.7 Å². The summed E-state index contributed by atoms with van der Waals surface area (Å²) in [6, 6.07) is 10.5. The second-order valence-corrected chi connectivity index (χ2v) is 8.88. The number of fused-ring (bicyclic) bond motifs is 5. The SMILES string of the molecule is COC(=O)C1c2c(cc(OC)c3c2CCc2cc(O)ccc2-3)OCC1c1cc(OC)c(O)c(OC)c1. The number of phenols is 2. The van der Waals surface area contributed by atoms with Crippen molar-refractivity contribution in [1.82, 2.24) is 0 Å². The molecule has 0 saturated carbocycles. The number of aryl methyl sites for hydroxylation is 1. The van der Waals surface area contributed by atoms with Crippen molar-refractivity contribution >= 4 is 5.97 Å². The van der Waals surface area contributed by atoms with Gasteiger partial charge in [-0.25, -0.2) is 0 Å². The average molecular weight is 493 g/mol. The number of hydrogen-bond donors (Lipinski definition) is 2. The number of carbonyl (C=O) groups excluding carboxylic acids is 1. The van der Waals surface area contributed by atoms with Crippen LogP contribution in [0, 0.1) is 0 Å². The first-order valence-electron chi connectivity index (χ1n) is 11.6. The van der Waals surface area contributed by atoms with E-state index in [9.17, 15) is 15.0 Å². The van der Waals surface area contributed by atoms with E-state index in [2.05, 4.69) is 0 Å². The van der Waals surface area contributed by atoms with Crippen LogP contribution in [0.15, 0.2) is 36.4 Å². The number of rotatable bonds is 5. The molecule has 0 bridgehead atoms. The fourth-order valence-corrected chi connectivity index (χ4v) is 5.47. The number of benzene rings is 3. The Kier molecular flexibility index (Phi) is 6.04. The van der Waals surface area contributed by atoms with E-state index in [0.717, 1.165) is 27.8 Å². The molecule has 3 aromatic rings. The van der Waals surface area contributed by atoms with Crippen LogP contribution in [0.1, 0.15) is 34.1 Å². The van der Waals surface area contributed by atoms with Crippen LogP contribution in [0.2, 0.25) is 0 Å². The maximum absolute atomic E-state index is 13.4. The molecule has 2 aliphatic rings. The van der Waals surface area contributed by atoms with Crippen molar-refractivity contribution in [3.8, 4) is 45.6 Å². The van der Waals surface area contributed by atoms with Crippen molar-refractivity contribution in [2.24, 2.45) is 0 Å². The molecule has 0 spiro atoms. The minimum absolute atomic E-state index is 0.113. The lowest BCUT2D eigenvalue weighted by Crippen LogP contribution is -2.32. The number of phenolic OH excluding ortho intramolecular Hbond substituents is 2. The van der Waals surface area contributed by atoms with Crippen molar-refractivity contribution in [3.63, 3.8) is 0 Å². The molecule has 1 aliphatic heterocycles. The van der Waals surface area contributed by atoms with Crippen LogP contribution in [0.25, 0.3) is 11.1 Å². The first kappa shape index (κ1) is 23.7. The summed E-state index contributed by atoms with van der Waals surface area (Å²) in [6.07, 6.45) is 1.33. The van der Waals surface area contributed by atoms with Crippen molar-refractivity contribution in [2.75, 3.05) is 35.0 Å². The summed E-state index contributed by atoms with van der Waals surface area (Å²) >= 11 is 0. The molecule has 0 fully saturated rings. The highest BCUT2D eigenvalue weighted by Crippen LogP contribution is 2.53. The Morgan fingerprint density at radius 2 is 1.61 bits per heavy atom. The third kappa shape index (κ3) is 3.64. The molecule has 2 unspecified atom stereocenters. The summed E-state index contributed by atoms with van der Waals surface area (Å²) in [7, 11) is 5.90. The van der Waals surface area contributed by atoms with Crippen LogP contribution >= 0.6 is 0 Å². The number of ether oxygens (including phenoxy) is 5. The molecule has 0 amide bonds. The lowest BCUT2D eigenvalue weighted by molar-refractivity contribution is -0.143. The Hall–Kier alpha value is -4.07. The quantitative estimate of drug-likeness (QED) is 0.508. The molecule has 36 heavy (non-hydrogen) atoms. The van der Waals surface area contributed by atoms with E-state index in [0.29, 0.717) is 29.9 Å². The molecule has 5 rings (SSSR count). The van der Waals surface area contributed by atoms with Crippen LogP contribution < -0.4 is 18.9 Å². The Bertz CT molecular complexity index is 1320. The summed E-state index contributed by atoms with van der Waals surface area (Å²) in [5.41, 5.74) is 5.29. The molecule has 188 valence electrons. The van der Waals surface area contributed by atoms with Gasteiger partial charge in [0, 0.05) is 23.1 Å². The first-order valence-corrected chi connectivity index (χ1v) is 11.6. The van der Waals surface area contributed by atoms with Gasteiger partial charge in [0.05, 0.1) is 41.0 Å². The normalized spacial score (nSPS) is 17.7. The lowest BCUT2D eigenvalue weighted by atomic mass is 9.73. The van der Waals surface area contributed by atoms with Gasteiger partial charge in [-0.1, -0.05) is 6.07 Å². The second-order valence-electron chi connectivity index (χ2n) is 8.88. The highest BCUT2D eigenvalue weighted by atomic mass is 16.5. The molecule has 1 aliphatic carbocycles. The summed E-state index contributed by atoms with van der Waals surface area (Å²) in [5, 5.41) is 20.4. The molecular weight excluding hydrogens is 464 g/mol. The Labute approximate surface area is 209 Å². The van der Waals surface area contributed by atoms with Gasteiger partial charge in [0.15, 0.2) is 11.5 Å². The minimum atomic E-state index is -0.670. The van der Waals surface area contributed by atoms with Gasteiger partial charge in [-0.05, 0) is 59.4 Å². The number of hydrogen-bond acceptors (Lipinski definition) is 8. The molecule has 3 aromatic carbocycles. The van der Waals surface area contributed by atoms with E-state index in [1.165, 1.54) is 21.3 Å². The molecule has 8 heteroatoms. The highest BCUT2D eigenvalue weighted by Gasteiger charge is 2.42. The molecular formula is C28H28O8. The molecule has 8 nitrogen and oxygen atoms in total. The predicted molar refractivity (Wildman–Crippen MR) is 132 cm³/mol. The molecule has 0 radical (unpaired) electrons. The number of esters is 1. The smallest absolute Gasteiger partial charge is 0.314 e. The van der Waals surface area contributed by atoms with Crippen molar-refractivity contribution < 1.29 is 38.7 Å². The summed E-state index contributed by atoms with van der Waals surface area (Å²) in [5.74, 6) is 0.316. The van der Waals surface area contributed by atoms with E-state index >= 15 is 0 Å². The monoisotopic (exact) mass is 492 g/mol. The fourth-order valence-electron chi connectivity index (χ4n) is 5.47. The van der Waals surface area contributed by atoms with Gasteiger partial charge in [-0.3, -0.25) is 4.79 Å². The third-order valence-electron chi connectivity index (χ3n) is 7.14. The standard InChI is InChI=1S/C28H28O8/c1-32-20-12-21-25(18-7-5-14-9-16(29)6-8-17(14)24(18)20)26(28(31)35-4)19(13-36-21)15-10-22(33-2)27(30)23(11-15)34-3/h6,8-12,19,26,29-30H,5,7,13H2,1-4H3. The zero-order chi connectivity index (χ0) is 25.6. The Morgan fingerprint density at radius 3 is 2.25 bits per heavy atom. The zero-order valence-electron chi connectivity index (χ0n) is 20.6. The van der Waals surface area contributed by atoms with Crippen molar-refractivity contribution in [3.05, 3.63) is 58.7 Å². The van der Waals surface area contributed by atoms with E-state index in [1.54, 1.807) is 31.4 Å². The molecule has 2 N–H and O–H groups in total. The van der Waals surface area contributed by atoms with E-state index in [4.69, 9.17) is 23.7 Å². The van der Waals surface area contributed by atoms with E-state index in [-0.39, 0.29) is 35.6 Å². The number of carbonyl (C=O) groups is 1. The van der Waals surface area contributed by atoms with Gasteiger partial charge in [0.2, 0.25) is 5.75 Å². The number of aromatic hydroxyl groups is 2. The topological polar surface area (TPSA) is 104 Å². The van der Waals surface area contributed by atoms with Gasteiger partial charge in [-0.2, -0.15) is 0 Å². The predicted octanol–water partition coefficient (Wildman–Crippen LogP) is 4.32. The zero-order valence-corrected chi connectivity index (χ0v) is 20.6. The van der Waals surface area contributed by atoms with Crippen LogP contribution in [0.3, 0.4) is 0 Å². The van der Waals surface area contributed by atoms with Crippen LogP contribution in [-0.2, 0) is 22.4 Å². The maximum Gasteiger partial charge on any atom is 0.314 e. The van der Waals surface area contributed by atoms with Gasteiger partial charge in [0.1, 0.15) is 17.2 Å². The van der Waals surface area contributed by atoms with Crippen LogP contribution in [0.4, 0.5) is 0 Å². The average Bonchev–Trinajstić information content (AvgIpc) is 2.91. The Balaban J connectivity index is 1.74. The molecule has 0 aromatic heterocycles. The summed E-state index contributed by atoms with van der Waals surface area (Å²) in [4.78, 5) is 13.4. The van der Waals surface area contributed by atoms with E-state index < -0.39 is 11.8 Å². The van der Waals surface area contributed by atoms with Crippen LogP contribution in [-0.4, -0.2) is 51.2 Å². The lowest BCUT2D eigenvalue weighted by Gasteiger charge is -2.36. The van der Waals surface area contributed by atoms with Crippen molar-refractivity contribution in [1.29, 1.82) is 0 Å².